The molecule has 1 aromatic carbocycles. The van der Waals surface area contributed by atoms with Gasteiger partial charge in [-0.25, -0.2) is 8.42 Å². The Morgan fingerprint density at radius 3 is 2.33 bits per heavy atom. The second kappa shape index (κ2) is 5.38. The van der Waals surface area contributed by atoms with Crippen LogP contribution in [0, 0.1) is 0 Å². The van der Waals surface area contributed by atoms with Crippen LogP contribution in [0.4, 0.5) is 0 Å². The predicted molar refractivity (Wildman–Crippen MR) is 71.8 cm³/mol. The summed E-state index contributed by atoms with van der Waals surface area (Å²) in [7, 11) is -1.44. The van der Waals surface area contributed by atoms with Gasteiger partial charge >= 0.3 is 0 Å². The van der Waals surface area contributed by atoms with Gasteiger partial charge in [0.25, 0.3) is 0 Å². The van der Waals surface area contributed by atoms with Crippen molar-refractivity contribution in [1.29, 1.82) is 0 Å². The molecule has 1 aromatic rings. The van der Waals surface area contributed by atoms with Crippen LogP contribution in [0.3, 0.4) is 0 Å². The molecule has 0 heterocycles. The predicted octanol–water partition coefficient (Wildman–Crippen LogP) is 1.58. The molecule has 0 atom stereocenters. The lowest BCUT2D eigenvalue weighted by atomic mass is 10.2. The Balaban J connectivity index is 2.23. The Labute approximate surface area is 109 Å². The van der Waals surface area contributed by atoms with Crippen LogP contribution in [-0.4, -0.2) is 32.4 Å². The van der Waals surface area contributed by atoms with Gasteiger partial charge in [0.05, 0.1) is 4.90 Å². The molecule has 1 saturated carbocycles. The molecule has 0 aromatic heterocycles. The average Bonchev–Trinajstić information content (AvgIpc) is 3.15. The first-order valence-electron chi connectivity index (χ1n) is 6.35. The highest BCUT2D eigenvalue weighted by Gasteiger charge is 2.36. The van der Waals surface area contributed by atoms with E-state index >= 15 is 0 Å². The molecule has 0 unspecified atom stereocenters. The van der Waals surface area contributed by atoms with Crippen molar-refractivity contribution in [3.8, 4) is 0 Å². The molecule has 0 saturated heterocycles. The lowest BCUT2D eigenvalue weighted by Gasteiger charge is -2.20. The lowest BCUT2D eigenvalue weighted by Crippen LogP contribution is -2.32. The molecular weight excluding hydrogens is 248 g/mol. The minimum atomic E-state index is -3.31. The van der Waals surface area contributed by atoms with Crippen LogP contribution in [0.25, 0.3) is 0 Å². The van der Waals surface area contributed by atoms with Crippen molar-refractivity contribution in [2.45, 2.75) is 37.2 Å². The Kier molecular flexibility index (Phi) is 4.04. The Morgan fingerprint density at radius 2 is 1.89 bits per heavy atom. The fraction of sp³-hybridized carbons (Fsp3) is 0.538. The molecule has 1 aliphatic rings. The number of nitrogens with zero attached hydrogens (tertiary/aromatic N) is 1. The van der Waals surface area contributed by atoms with Gasteiger partial charge in [0.15, 0.2) is 0 Å². The third-order valence-electron chi connectivity index (χ3n) is 3.18. The summed E-state index contributed by atoms with van der Waals surface area (Å²) in [5.74, 6) is 0. The summed E-state index contributed by atoms with van der Waals surface area (Å²) < 4.78 is 26.5. The van der Waals surface area contributed by atoms with E-state index in [0.29, 0.717) is 11.4 Å². The maximum atomic E-state index is 12.4. The zero-order valence-corrected chi connectivity index (χ0v) is 11.7. The smallest absolute Gasteiger partial charge is 0.243 e. The van der Waals surface area contributed by atoms with Crippen LogP contribution in [0.15, 0.2) is 29.2 Å². The largest absolute Gasteiger partial charge is 0.316 e. The Morgan fingerprint density at radius 1 is 1.28 bits per heavy atom. The van der Waals surface area contributed by atoms with Crippen molar-refractivity contribution in [2.75, 3.05) is 13.6 Å². The van der Waals surface area contributed by atoms with Gasteiger partial charge in [-0.15, -0.1) is 0 Å². The molecule has 0 radical (unpaired) electrons. The van der Waals surface area contributed by atoms with Gasteiger partial charge in [-0.05, 0) is 37.6 Å². The number of hydrogen-bond donors (Lipinski definition) is 1. The number of hydrogen-bond acceptors (Lipinski definition) is 3. The van der Waals surface area contributed by atoms with Crippen LogP contribution in [0.2, 0.25) is 0 Å². The molecule has 4 nitrogen and oxygen atoms in total. The van der Waals surface area contributed by atoms with Gasteiger partial charge in [-0.3, -0.25) is 0 Å². The van der Waals surface area contributed by atoms with E-state index in [0.717, 1.165) is 24.9 Å². The van der Waals surface area contributed by atoms with Crippen LogP contribution in [0.5, 0.6) is 0 Å². The normalized spacial score (nSPS) is 16.2. The number of benzene rings is 1. The molecule has 2 rings (SSSR count). The van der Waals surface area contributed by atoms with E-state index in [1.165, 1.54) is 0 Å². The highest BCUT2D eigenvalue weighted by atomic mass is 32.2. The molecule has 0 bridgehead atoms. The standard InChI is InChI=1S/C13H20N2O2S/c1-3-15(12-6-7-12)18(16,17)13-8-4-11(5-9-13)10-14-2/h4-5,8-9,12,14H,3,6-7,10H2,1-2H3. The van der Waals surface area contributed by atoms with Crippen molar-refractivity contribution < 1.29 is 8.42 Å². The van der Waals surface area contributed by atoms with E-state index in [-0.39, 0.29) is 6.04 Å². The summed E-state index contributed by atoms with van der Waals surface area (Å²) >= 11 is 0. The molecular formula is C13H20N2O2S. The van der Waals surface area contributed by atoms with E-state index in [1.807, 2.05) is 26.1 Å². The van der Waals surface area contributed by atoms with E-state index in [9.17, 15) is 8.42 Å². The molecule has 0 spiro atoms. The molecule has 1 N–H and O–H groups in total. The summed E-state index contributed by atoms with van der Waals surface area (Å²) in [5, 5.41) is 3.04. The van der Waals surface area contributed by atoms with Crippen molar-refractivity contribution in [2.24, 2.45) is 0 Å². The van der Waals surface area contributed by atoms with Crippen LogP contribution in [-0.2, 0) is 16.6 Å². The minimum Gasteiger partial charge on any atom is -0.316 e. The van der Waals surface area contributed by atoms with E-state index in [1.54, 1.807) is 16.4 Å². The highest BCUT2D eigenvalue weighted by Crippen LogP contribution is 2.31. The molecule has 0 aliphatic heterocycles. The molecule has 0 amide bonds. The molecule has 5 heteroatoms. The molecule has 1 aliphatic carbocycles. The SMILES string of the molecule is CCN(C1CC1)S(=O)(=O)c1ccc(CNC)cc1. The van der Waals surface area contributed by atoms with Crippen molar-refractivity contribution in [3.63, 3.8) is 0 Å². The second-order valence-electron chi connectivity index (χ2n) is 4.61. The van der Waals surface area contributed by atoms with Crippen LogP contribution >= 0.6 is 0 Å². The molecule has 100 valence electrons. The lowest BCUT2D eigenvalue weighted by molar-refractivity contribution is 0.421. The summed E-state index contributed by atoms with van der Waals surface area (Å²) in [6, 6.07) is 7.35. The minimum absolute atomic E-state index is 0.219. The monoisotopic (exact) mass is 268 g/mol. The third kappa shape index (κ3) is 2.74. The number of nitrogens with one attached hydrogen (secondary N) is 1. The number of rotatable bonds is 6. The zero-order chi connectivity index (χ0) is 13.2. The topological polar surface area (TPSA) is 49.4 Å². The molecule has 18 heavy (non-hydrogen) atoms. The number of sulfonamides is 1. The summed E-state index contributed by atoms with van der Waals surface area (Å²) in [6.07, 6.45) is 1.98. The fourth-order valence-electron chi connectivity index (χ4n) is 2.11. The maximum Gasteiger partial charge on any atom is 0.243 e. The first-order valence-corrected chi connectivity index (χ1v) is 7.79. The maximum absolute atomic E-state index is 12.4. The molecule has 1 fully saturated rings. The first-order chi connectivity index (χ1) is 8.59. The van der Waals surface area contributed by atoms with Crippen molar-refractivity contribution >= 4 is 10.0 Å². The van der Waals surface area contributed by atoms with Gasteiger partial charge in [0, 0.05) is 19.1 Å². The Hall–Kier alpha value is -0.910. The van der Waals surface area contributed by atoms with Crippen LogP contribution < -0.4 is 5.32 Å². The van der Waals surface area contributed by atoms with Gasteiger partial charge < -0.3 is 5.32 Å². The van der Waals surface area contributed by atoms with Gasteiger partial charge in [-0.1, -0.05) is 19.1 Å². The van der Waals surface area contributed by atoms with Gasteiger partial charge in [0.1, 0.15) is 0 Å². The summed E-state index contributed by atoms with van der Waals surface area (Å²) in [4.78, 5) is 0.399. The van der Waals surface area contributed by atoms with Crippen molar-refractivity contribution in [3.05, 3.63) is 29.8 Å². The fourth-order valence-corrected chi connectivity index (χ4v) is 3.80. The van der Waals surface area contributed by atoms with E-state index in [2.05, 4.69) is 5.32 Å². The van der Waals surface area contributed by atoms with E-state index in [4.69, 9.17) is 0 Å². The second-order valence-corrected chi connectivity index (χ2v) is 6.50. The first kappa shape index (κ1) is 13.5. The zero-order valence-electron chi connectivity index (χ0n) is 10.9. The van der Waals surface area contributed by atoms with Crippen molar-refractivity contribution in [1.82, 2.24) is 9.62 Å². The van der Waals surface area contributed by atoms with Gasteiger partial charge in [-0.2, -0.15) is 4.31 Å². The third-order valence-corrected chi connectivity index (χ3v) is 5.22. The Bertz CT molecular complexity index is 492. The summed E-state index contributed by atoms with van der Waals surface area (Å²) in [6.45, 7) is 3.19. The highest BCUT2D eigenvalue weighted by molar-refractivity contribution is 7.89. The van der Waals surface area contributed by atoms with E-state index < -0.39 is 10.0 Å². The average molecular weight is 268 g/mol. The summed E-state index contributed by atoms with van der Waals surface area (Å²) in [5.41, 5.74) is 1.09. The quantitative estimate of drug-likeness (QED) is 0.852. The van der Waals surface area contributed by atoms with Gasteiger partial charge in [0.2, 0.25) is 10.0 Å². The van der Waals surface area contributed by atoms with Crippen LogP contribution in [0.1, 0.15) is 25.3 Å².